The second kappa shape index (κ2) is 4.96. The van der Waals surface area contributed by atoms with Crippen LogP contribution in [0.15, 0.2) is 24.5 Å². The normalized spacial score (nSPS) is 20.5. The van der Waals surface area contributed by atoms with Gasteiger partial charge < -0.3 is 0 Å². The summed E-state index contributed by atoms with van der Waals surface area (Å²) in [7, 11) is 0. The lowest BCUT2D eigenvalue weighted by Crippen LogP contribution is -2.23. The molecule has 0 aliphatic heterocycles. The first kappa shape index (κ1) is 13.5. The van der Waals surface area contributed by atoms with Crippen molar-refractivity contribution in [1.82, 2.24) is 9.55 Å². The van der Waals surface area contributed by atoms with E-state index in [4.69, 9.17) is 16.9 Å². The number of Topliss-reactive ketones (excluding diaryl/α,β-unsaturated/α-hetero) is 1. The molecule has 0 amide bonds. The zero-order chi connectivity index (χ0) is 15.3. The van der Waals surface area contributed by atoms with E-state index in [1.54, 1.807) is 29.1 Å². The fourth-order valence-electron chi connectivity index (χ4n) is 3.33. The number of imidazole rings is 1. The standard InChI is InChI=1S/C17H14ClN3O/c18-14-7-13(4-3-11(14)8-19)21-9-20-15-5-12(10-1-2-10)6-16(22)17(15)21/h3-4,7,9-10,12H,1-2,5-6H2. The molecule has 1 heterocycles. The number of nitrogens with zero attached hydrogens (tertiary/aromatic N) is 3. The van der Waals surface area contributed by atoms with Gasteiger partial charge in [-0.05, 0) is 49.3 Å². The molecule has 1 aromatic carbocycles. The summed E-state index contributed by atoms with van der Waals surface area (Å²) in [6, 6.07) is 7.22. The van der Waals surface area contributed by atoms with Gasteiger partial charge in [-0.1, -0.05) is 11.6 Å². The van der Waals surface area contributed by atoms with E-state index in [-0.39, 0.29) is 5.78 Å². The average Bonchev–Trinajstić information content (AvgIpc) is 3.27. The number of benzene rings is 1. The third-order valence-electron chi connectivity index (χ3n) is 4.65. The van der Waals surface area contributed by atoms with Crippen molar-refractivity contribution in [2.24, 2.45) is 11.8 Å². The first-order valence-electron chi connectivity index (χ1n) is 7.47. The number of carbonyl (C=O) groups excluding carboxylic acids is 1. The first-order valence-corrected chi connectivity index (χ1v) is 7.84. The summed E-state index contributed by atoms with van der Waals surface area (Å²) in [4.78, 5) is 17.0. The molecule has 2 aliphatic carbocycles. The van der Waals surface area contributed by atoms with Crippen LogP contribution in [-0.4, -0.2) is 15.3 Å². The number of aromatic nitrogens is 2. The fraction of sp³-hybridized carbons (Fsp3) is 0.353. The van der Waals surface area contributed by atoms with Gasteiger partial charge in [0, 0.05) is 12.1 Å². The number of hydrogen-bond donors (Lipinski definition) is 0. The zero-order valence-electron chi connectivity index (χ0n) is 11.9. The van der Waals surface area contributed by atoms with E-state index in [1.807, 2.05) is 6.07 Å². The number of carbonyl (C=O) groups is 1. The highest BCUT2D eigenvalue weighted by Crippen LogP contribution is 2.43. The quantitative estimate of drug-likeness (QED) is 0.852. The lowest BCUT2D eigenvalue weighted by molar-refractivity contribution is 0.0934. The predicted molar refractivity (Wildman–Crippen MR) is 82.2 cm³/mol. The van der Waals surface area contributed by atoms with E-state index in [1.165, 1.54) is 12.8 Å². The van der Waals surface area contributed by atoms with Crippen molar-refractivity contribution in [1.29, 1.82) is 5.26 Å². The van der Waals surface area contributed by atoms with Crippen LogP contribution in [-0.2, 0) is 6.42 Å². The van der Waals surface area contributed by atoms with E-state index in [0.29, 0.717) is 34.5 Å². The van der Waals surface area contributed by atoms with Gasteiger partial charge in [0.15, 0.2) is 5.78 Å². The summed E-state index contributed by atoms with van der Waals surface area (Å²) in [5.74, 6) is 1.34. The number of rotatable bonds is 2. The van der Waals surface area contributed by atoms with Crippen LogP contribution in [0.2, 0.25) is 5.02 Å². The number of halogens is 1. The monoisotopic (exact) mass is 311 g/mol. The molecule has 0 spiro atoms. The molecule has 0 N–H and O–H groups in total. The molecule has 4 nitrogen and oxygen atoms in total. The molecule has 1 saturated carbocycles. The third kappa shape index (κ3) is 2.13. The maximum Gasteiger partial charge on any atom is 0.181 e. The molecule has 0 bridgehead atoms. The minimum Gasteiger partial charge on any atom is -0.296 e. The van der Waals surface area contributed by atoms with Crippen LogP contribution >= 0.6 is 11.6 Å². The highest BCUT2D eigenvalue weighted by atomic mass is 35.5. The second-order valence-corrected chi connectivity index (χ2v) is 6.52. The van der Waals surface area contributed by atoms with Crippen LogP contribution in [0.3, 0.4) is 0 Å². The summed E-state index contributed by atoms with van der Waals surface area (Å²) in [5, 5.41) is 9.34. The molecule has 2 aromatic rings. The molecule has 1 atom stereocenters. The number of hydrogen-bond acceptors (Lipinski definition) is 3. The van der Waals surface area contributed by atoms with Gasteiger partial charge in [-0.2, -0.15) is 5.26 Å². The molecule has 1 fully saturated rings. The molecule has 22 heavy (non-hydrogen) atoms. The molecular formula is C17H14ClN3O. The van der Waals surface area contributed by atoms with Crippen molar-refractivity contribution in [3.05, 3.63) is 46.5 Å². The first-order chi connectivity index (χ1) is 10.7. The molecule has 5 heteroatoms. The van der Waals surface area contributed by atoms with Gasteiger partial charge in [-0.3, -0.25) is 9.36 Å². The minimum atomic E-state index is 0.163. The number of fused-ring (bicyclic) bond motifs is 1. The Bertz CT molecular complexity index is 814. The molecule has 0 radical (unpaired) electrons. The van der Waals surface area contributed by atoms with Gasteiger partial charge in [0.1, 0.15) is 18.1 Å². The molecular weight excluding hydrogens is 298 g/mol. The number of nitriles is 1. The molecule has 110 valence electrons. The Morgan fingerprint density at radius 3 is 2.77 bits per heavy atom. The number of ketones is 1. The van der Waals surface area contributed by atoms with Gasteiger partial charge >= 0.3 is 0 Å². The van der Waals surface area contributed by atoms with E-state index >= 15 is 0 Å². The molecule has 1 unspecified atom stereocenters. The minimum absolute atomic E-state index is 0.163. The van der Waals surface area contributed by atoms with Gasteiger partial charge in [0.05, 0.1) is 16.3 Å². The lowest BCUT2D eigenvalue weighted by Gasteiger charge is -2.21. The Kier molecular flexibility index (Phi) is 3.05. The summed E-state index contributed by atoms with van der Waals surface area (Å²) in [5.41, 5.74) is 2.78. The van der Waals surface area contributed by atoms with Crippen molar-refractivity contribution in [3.8, 4) is 11.8 Å². The van der Waals surface area contributed by atoms with Gasteiger partial charge in [-0.25, -0.2) is 4.98 Å². The summed E-state index contributed by atoms with van der Waals surface area (Å²) < 4.78 is 1.80. The second-order valence-electron chi connectivity index (χ2n) is 6.11. The maximum absolute atomic E-state index is 12.5. The molecule has 2 aliphatic rings. The average molecular weight is 312 g/mol. The maximum atomic E-state index is 12.5. The van der Waals surface area contributed by atoms with Crippen LogP contribution in [0.1, 0.15) is 41.0 Å². The van der Waals surface area contributed by atoms with Crippen molar-refractivity contribution >= 4 is 17.4 Å². The largest absolute Gasteiger partial charge is 0.296 e. The van der Waals surface area contributed by atoms with Crippen LogP contribution in [0, 0.1) is 23.2 Å². The smallest absolute Gasteiger partial charge is 0.181 e. The highest BCUT2D eigenvalue weighted by molar-refractivity contribution is 6.31. The van der Waals surface area contributed by atoms with Gasteiger partial charge in [-0.15, -0.1) is 0 Å². The Labute approximate surface area is 133 Å². The summed E-state index contributed by atoms with van der Waals surface area (Å²) in [6.07, 6.45) is 5.70. The fourth-order valence-corrected chi connectivity index (χ4v) is 3.54. The SMILES string of the molecule is N#Cc1ccc(-n2cnc3c2C(=O)CC(C2CC2)C3)cc1Cl. The zero-order valence-corrected chi connectivity index (χ0v) is 12.7. The van der Waals surface area contributed by atoms with Gasteiger partial charge in [0.2, 0.25) is 0 Å². The Hall–Kier alpha value is -2.12. The molecule has 0 saturated heterocycles. The predicted octanol–water partition coefficient (Wildman–Crippen LogP) is 3.55. The Morgan fingerprint density at radius 1 is 1.27 bits per heavy atom. The third-order valence-corrected chi connectivity index (χ3v) is 4.96. The van der Waals surface area contributed by atoms with Crippen molar-refractivity contribution in [2.45, 2.75) is 25.7 Å². The van der Waals surface area contributed by atoms with Crippen LogP contribution < -0.4 is 0 Å². The topological polar surface area (TPSA) is 58.7 Å². The van der Waals surface area contributed by atoms with Crippen molar-refractivity contribution < 1.29 is 4.79 Å². The van der Waals surface area contributed by atoms with E-state index < -0.39 is 0 Å². The van der Waals surface area contributed by atoms with Crippen molar-refractivity contribution in [3.63, 3.8) is 0 Å². The highest BCUT2D eigenvalue weighted by Gasteiger charge is 2.38. The molecule has 1 aromatic heterocycles. The van der Waals surface area contributed by atoms with Crippen LogP contribution in [0.4, 0.5) is 0 Å². The van der Waals surface area contributed by atoms with Gasteiger partial charge in [0.25, 0.3) is 0 Å². The van der Waals surface area contributed by atoms with Crippen LogP contribution in [0.25, 0.3) is 5.69 Å². The Morgan fingerprint density at radius 2 is 2.09 bits per heavy atom. The summed E-state index contributed by atoms with van der Waals surface area (Å²) in [6.45, 7) is 0. The molecule has 4 rings (SSSR count). The summed E-state index contributed by atoms with van der Waals surface area (Å²) >= 11 is 6.10. The van der Waals surface area contributed by atoms with Crippen LogP contribution in [0.5, 0.6) is 0 Å². The van der Waals surface area contributed by atoms with Crippen molar-refractivity contribution in [2.75, 3.05) is 0 Å². The van der Waals surface area contributed by atoms with E-state index in [9.17, 15) is 4.79 Å². The lowest BCUT2D eigenvalue weighted by atomic mass is 9.85. The Balaban J connectivity index is 1.74. The van der Waals surface area contributed by atoms with E-state index in [0.717, 1.165) is 17.8 Å². The van der Waals surface area contributed by atoms with E-state index in [2.05, 4.69) is 4.98 Å².